The number of hydrogen-bond donors (Lipinski definition) is 3. The highest BCUT2D eigenvalue weighted by Gasteiger charge is 2.08. The van der Waals surface area contributed by atoms with E-state index in [1.807, 2.05) is 6.92 Å². The van der Waals surface area contributed by atoms with Gasteiger partial charge in [-0.15, -0.1) is 0 Å². The fourth-order valence-electron chi connectivity index (χ4n) is 1.17. The van der Waals surface area contributed by atoms with Crippen LogP contribution < -0.4 is 5.73 Å². The molecule has 4 N–H and O–H groups in total. The monoisotopic (exact) mass is 214 g/mol. The smallest absolute Gasteiger partial charge is 0.143 e. The predicted octanol–water partition coefficient (Wildman–Crippen LogP) is 1.64. The molecule has 0 unspecified atom stereocenters. The van der Waals surface area contributed by atoms with Gasteiger partial charge >= 0.3 is 0 Å². The van der Waals surface area contributed by atoms with Crippen molar-refractivity contribution in [1.82, 2.24) is 0 Å². The van der Waals surface area contributed by atoms with E-state index in [1.165, 1.54) is 0 Å². The summed E-state index contributed by atoms with van der Waals surface area (Å²) in [6.45, 7) is 1.85. The molecule has 4 nitrogen and oxygen atoms in total. The SMILES string of the molecule is Cc1cc(Cl)c(O)c(C/C(N)=N/O)c1. The zero-order valence-corrected chi connectivity index (χ0v) is 8.41. The van der Waals surface area contributed by atoms with Crippen molar-refractivity contribution in [2.75, 3.05) is 0 Å². The number of rotatable bonds is 2. The van der Waals surface area contributed by atoms with Crippen LogP contribution in [0, 0.1) is 6.92 Å². The van der Waals surface area contributed by atoms with Gasteiger partial charge in [0.25, 0.3) is 0 Å². The lowest BCUT2D eigenvalue weighted by atomic mass is 10.1. The minimum Gasteiger partial charge on any atom is -0.506 e. The number of hydrogen-bond acceptors (Lipinski definition) is 3. The zero-order valence-electron chi connectivity index (χ0n) is 7.66. The predicted molar refractivity (Wildman–Crippen MR) is 55.0 cm³/mol. The topological polar surface area (TPSA) is 78.8 Å². The van der Waals surface area contributed by atoms with Gasteiger partial charge in [0.05, 0.1) is 5.02 Å². The van der Waals surface area contributed by atoms with Crippen LogP contribution in [0.1, 0.15) is 11.1 Å². The first kappa shape index (κ1) is 10.7. The Kier molecular flexibility index (Phi) is 3.19. The number of halogens is 1. The van der Waals surface area contributed by atoms with Crippen LogP contribution in [-0.2, 0) is 6.42 Å². The molecule has 0 aromatic heterocycles. The molecule has 5 heteroatoms. The molecule has 0 fully saturated rings. The van der Waals surface area contributed by atoms with Crippen LogP contribution in [0.15, 0.2) is 17.3 Å². The van der Waals surface area contributed by atoms with Crippen LogP contribution >= 0.6 is 11.6 Å². The van der Waals surface area contributed by atoms with E-state index in [0.29, 0.717) is 5.56 Å². The molecule has 1 rings (SSSR count). The maximum absolute atomic E-state index is 9.54. The van der Waals surface area contributed by atoms with Gasteiger partial charge in [-0.2, -0.15) is 0 Å². The van der Waals surface area contributed by atoms with Crippen molar-refractivity contribution in [3.8, 4) is 5.75 Å². The lowest BCUT2D eigenvalue weighted by molar-refractivity contribution is 0.317. The summed E-state index contributed by atoms with van der Waals surface area (Å²) < 4.78 is 0. The fraction of sp³-hybridized carbons (Fsp3) is 0.222. The fourth-order valence-corrected chi connectivity index (χ4v) is 1.47. The minimum absolute atomic E-state index is 0.0242. The van der Waals surface area contributed by atoms with E-state index in [2.05, 4.69) is 5.16 Å². The molecular weight excluding hydrogens is 204 g/mol. The van der Waals surface area contributed by atoms with Crippen molar-refractivity contribution in [3.05, 3.63) is 28.3 Å². The lowest BCUT2D eigenvalue weighted by Crippen LogP contribution is -2.14. The van der Waals surface area contributed by atoms with Gasteiger partial charge in [-0.05, 0) is 18.6 Å². The van der Waals surface area contributed by atoms with E-state index >= 15 is 0 Å². The average Bonchev–Trinajstić information content (AvgIpc) is 2.13. The molecule has 0 saturated heterocycles. The summed E-state index contributed by atoms with van der Waals surface area (Å²) in [7, 11) is 0. The molecule has 14 heavy (non-hydrogen) atoms. The molecule has 0 heterocycles. The molecule has 0 aliphatic carbocycles. The zero-order chi connectivity index (χ0) is 10.7. The third-order valence-corrected chi connectivity index (χ3v) is 2.07. The van der Waals surface area contributed by atoms with Gasteiger partial charge in [0.2, 0.25) is 0 Å². The van der Waals surface area contributed by atoms with Crippen LogP contribution in [0.3, 0.4) is 0 Å². The summed E-state index contributed by atoms with van der Waals surface area (Å²) in [5, 5.41) is 21.0. The highest BCUT2D eigenvalue weighted by Crippen LogP contribution is 2.29. The number of nitrogens with zero attached hydrogens (tertiary/aromatic N) is 1. The first-order valence-electron chi connectivity index (χ1n) is 3.99. The number of aromatic hydroxyl groups is 1. The van der Waals surface area contributed by atoms with E-state index in [1.54, 1.807) is 12.1 Å². The Morgan fingerprint density at radius 2 is 2.21 bits per heavy atom. The van der Waals surface area contributed by atoms with Gasteiger partial charge in [0, 0.05) is 12.0 Å². The van der Waals surface area contributed by atoms with Crippen LogP contribution in [-0.4, -0.2) is 16.1 Å². The molecule has 0 spiro atoms. The van der Waals surface area contributed by atoms with Gasteiger partial charge in [-0.25, -0.2) is 0 Å². The van der Waals surface area contributed by atoms with Crippen molar-refractivity contribution in [2.24, 2.45) is 10.9 Å². The quantitative estimate of drug-likeness (QED) is 0.303. The Hall–Kier alpha value is -1.42. The van der Waals surface area contributed by atoms with Crippen LogP contribution in [0.25, 0.3) is 0 Å². The van der Waals surface area contributed by atoms with Crippen molar-refractivity contribution in [3.63, 3.8) is 0 Å². The van der Waals surface area contributed by atoms with E-state index < -0.39 is 0 Å². The molecule has 76 valence electrons. The van der Waals surface area contributed by atoms with E-state index in [9.17, 15) is 5.11 Å². The third-order valence-electron chi connectivity index (χ3n) is 1.79. The van der Waals surface area contributed by atoms with Gasteiger partial charge < -0.3 is 16.0 Å². The van der Waals surface area contributed by atoms with Gasteiger partial charge in [-0.1, -0.05) is 22.8 Å². The number of nitrogens with two attached hydrogens (primary N) is 1. The normalized spacial score (nSPS) is 11.7. The molecule has 0 saturated carbocycles. The van der Waals surface area contributed by atoms with E-state index in [0.717, 1.165) is 5.56 Å². The molecule has 0 amide bonds. The number of oxime groups is 1. The Labute approximate surface area is 86.6 Å². The molecule has 1 aromatic rings. The minimum atomic E-state index is -0.0242. The number of aryl methyl sites for hydroxylation is 1. The summed E-state index contributed by atoms with van der Waals surface area (Å²) in [4.78, 5) is 0. The summed E-state index contributed by atoms with van der Waals surface area (Å²) in [5.41, 5.74) is 6.78. The maximum Gasteiger partial charge on any atom is 0.143 e. The second kappa shape index (κ2) is 4.19. The number of phenolic OH excluding ortho intramolecular Hbond substituents is 1. The molecule has 0 aliphatic heterocycles. The summed E-state index contributed by atoms with van der Waals surface area (Å²) in [6.07, 6.45) is 0.170. The molecule has 0 radical (unpaired) electrons. The molecule has 0 aliphatic rings. The van der Waals surface area contributed by atoms with Gasteiger partial charge in [-0.3, -0.25) is 0 Å². The number of amidine groups is 1. The van der Waals surface area contributed by atoms with E-state index in [-0.39, 0.29) is 23.0 Å². The first-order chi connectivity index (χ1) is 6.54. The van der Waals surface area contributed by atoms with Crippen molar-refractivity contribution in [1.29, 1.82) is 0 Å². The van der Waals surface area contributed by atoms with Crippen LogP contribution in [0.2, 0.25) is 5.02 Å². The highest BCUT2D eigenvalue weighted by atomic mass is 35.5. The largest absolute Gasteiger partial charge is 0.506 e. The molecule has 0 atom stereocenters. The summed E-state index contributed by atoms with van der Waals surface area (Å²) in [5.74, 6) is 0.00540. The Balaban J connectivity index is 3.08. The Bertz CT molecular complexity index is 377. The van der Waals surface area contributed by atoms with Crippen LogP contribution in [0.5, 0.6) is 5.75 Å². The summed E-state index contributed by atoms with van der Waals surface area (Å²) in [6, 6.07) is 3.38. The second-order valence-corrected chi connectivity index (χ2v) is 3.43. The first-order valence-corrected chi connectivity index (χ1v) is 4.36. The van der Waals surface area contributed by atoms with Crippen molar-refractivity contribution < 1.29 is 10.3 Å². The summed E-state index contributed by atoms with van der Waals surface area (Å²) >= 11 is 5.75. The number of benzene rings is 1. The standard InChI is InChI=1S/C9H11ClN2O2/c1-5-2-6(4-8(11)12-14)9(13)7(10)3-5/h2-3,13-14H,4H2,1H3,(H2,11,12). The maximum atomic E-state index is 9.54. The van der Waals surface area contributed by atoms with Gasteiger partial charge in [0.15, 0.2) is 0 Å². The highest BCUT2D eigenvalue weighted by molar-refractivity contribution is 6.32. The molecular formula is C9H11ClN2O2. The average molecular weight is 215 g/mol. The molecule has 1 aromatic carbocycles. The van der Waals surface area contributed by atoms with Gasteiger partial charge in [0.1, 0.15) is 11.6 Å². The lowest BCUT2D eigenvalue weighted by Gasteiger charge is -2.06. The second-order valence-electron chi connectivity index (χ2n) is 3.02. The van der Waals surface area contributed by atoms with Crippen molar-refractivity contribution >= 4 is 17.4 Å². The Morgan fingerprint density at radius 1 is 1.57 bits per heavy atom. The third kappa shape index (κ3) is 2.29. The Morgan fingerprint density at radius 3 is 2.79 bits per heavy atom. The van der Waals surface area contributed by atoms with Crippen LogP contribution in [0.4, 0.5) is 0 Å². The molecule has 0 bridgehead atoms. The van der Waals surface area contributed by atoms with Crippen molar-refractivity contribution in [2.45, 2.75) is 13.3 Å². The number of phenols is 1. The van der Waals surface area contributed by atoms with E-state index in [4.69, 9.17) is 22.5 Å².